The van der Waals surface area contributed by atoms with E-state index in [2.05, 4.69) is 19.9 Å². The second kappa shape index (κ2) is 9.78. The number of unbranched alkanes of at least 4 members (excludes halogenated alkanes) is 2. The van der Waals surface area contributed by atoms with Crippen LogP contribution in [0.3, 0.4) is 0 Å². The molecule has 0 aromatic heterocycles. The zero-order chi connectivity index (χ0) is 20.1. The van der Waals surface area contributed by atoms with Crippen LogP contribution in [0.5, 0.6) is 5.75 Å². The summed E-state index contributed by atoms with van der Waals surface area (Å²) in [6, 6.07) is 5.99. The second-order valence-electron chi connectivity index (χ2n) is 9.05. The van der Waals surface area contributed by atoms with Crippen LogP contribution in [0.4, 0.5) is 0 Å². The van der Waals surface area contributed by atoms with Crippen molar-refractivity contribution < 1.29 is 19.7 Å². The van der Waals surface area contributed by atoms with Gasteiger partial charge in [-0.25, -0.2) is 4.79 Å². The van der Waals surface area contributed by atoms with Crippen LogP contribution in [0.15, 0.2) is 18.2 Å². The molecule has 3 rings (SSSR count). The van der Waals surface area contributed by atoms with Gasteiger partial charge in [-0.1, -0.05) is 58.1 Å². The van der Waals surface area contributed by atoms with E-state index < -0.39 is 5.97 Å². The monoisotopic (exact) mass is 388 g/mol. The minimum Gasteiger partial charge on any atom is -0.482 e. The predicted octanol–water partition coefficient (Wildman–Crippen LogP) is 4.86. The average molecular weight is 389 g/mol. The van der Waals surface area contributed by atoms with Gasteiger partial charge in [0.25, 0.3) is 0 Å². The molecular formula is C24H36O4. The molecule has 1 aromatic rings. The lowest BCUT2D eigenvalue weighted by molar-refractivity contribution is -0.139. The summed E-state index contributed by atoms with van der Waals surface area (Å²) in [5.74, 6) is 1.93. The summed E-state index contributed by atoms with van der Waals surface area (Å²) in [5, 5.41) is 19.7. The molecule has 2 N–H and O–H groups in total. The van der Waals surface area contributed by atoms with Gasteiger partial charge < -0.3 is 14.9 Å². The molecule has 0 bridgehead atoms. The van der Waals surface area contributed by atoms with Gasteiger partial charge in [-0.2, -0.15) is 0 Å². The standard InChI is InChI=1S/C24H36O4/c1-3-4-5-7-16(2)10-11-19-20-12-17-8-6-9-23(28-15-24(26)27)21(17)13-18(20)14-22(19)25/h6,8-9,16,18-20,22,25H,3-5,7,10-15H2,1-2H3,(H,26,27). The van der Waals surface area contributed by atoms with Gasteiger partial charge in [0.1, 0.15) is 5.75 Å². The van der Waals surface area contributed by atoms with Crippen LogP contribution in [0.2, 0.25) is 0 Å². The van der Waals surface area contributed by atoms with Crippen LogP contribution in [0, 0.1) is 23.7 Å². The van der Waals surface area contributed by atoms with Gasteiger partial charge in [-0.3, -0.25) is 0 Å². The van der Waals surface area contributed by atoms with E-state index in [4.69, 9.17) is 9.84 Å². The Hall–Kier alpha value is -1.55. The fourth-order valence-corrected chi connectivity index (χ4v) is 5.44. The summed E-state index contributed by atoms with van der Waals surface area (Å²) >= 11 is 0. The Morgan fingerprint density at radius 3 is 2.82 bits per heavy atom. The Bertz CT molecular complexity index is 656. The minimum absolute atomic E-state index is 0.199. The molecule has 2 aliphatic rings. The molecule has 5 unspecified atom stereocenters. The van der Waals surface area contributed by atoms with Gasteiger partial charge in [0, 0.05) is 0 Å². The van der Waals surface area contributed by atoms with Crippen molar-refractivity contribution in [2.75, 3.05) is 6.61 Å². The van der Waals surface area contributed by atoms with Crippen molar-refractivity contribution in [2.24, 2.45) is 23.7 Å². The number of hydrogen-bond acceptors (Lipinski definition) is 3. The molecular weight excluding hydrogens is 352 g/mol. The molecule has 28 heavy (non-hydrogen) atoms. The summed E-state index contributed by atoms with van der Waals surface area (Å²) in [6.07, 6.45) is 10.1. The quantitative estimate of drug-likeness (QED) is 0.562. The van der Waals surface area contributed by atoms with E-state index in [1.54, 1.807) is 0 Å². The van der Waals surface area contributed by atoms with Crippen molar-refractivity contribution in [1.29, 1.82) is 0 Å². The molecule has 4 nitrogen and oxygen atoms in total. The van der Waals surface area contributed by atoms with E-state index in [9.17, 15) is 9.90 Å². The smallest absolute Gasteiger partial charge is 0.341 e. The van der Waals surface area contributed by atoms with E-state index >= 15 is 0 Å². The van der Waals surface area contributed by atoms with Gasteiger partial charge in [-0.15, -0.1) is 0 Å². The maximum Gasteiger partial charge on any atom is 0.341 e. The number of fused-ring (bicyclic) bond motifs is 2. The first kappa shape index (κ1) is 21.2. The van der Waals surface area contributed by atoms with Crippen LogP contribution in [-0.4, -0.2) is 28.9 Å². The number of aliphatic carboxylic acids is 1. The summed E-state index contributed by atoms with van der Waals surface area (Å²) in [4.78, 5) is 10.9. The van der Waals surface area contributed by atoms with Gasteiger partial charge in [-0.05, 0) is 66.5 Å². The van der Waals surface area contributed by atoms with E-state index in [1.807, 2.05) is 12.1 Å². The highest BCUT2D eigenvalue weighted by Gasteiger charge is 2.44. The first-order valence-electron chi connectivity index (χ1n) is 11.1. The highest BCUT2D eigenvalue weighted by molar-refractivity contribution is 5.68. The molecule has 0 aliphatic heterocycles. The number of benzene rings is 1. The number of ether oxygens (including phenoxy) is 1. The third-order valence-corrected chi connectivity index (χ3v) is 6.99. The highest BCUT2D eigenvalue weighted by Crippen LogP contribution is 2.48. The van der Waals surface area contributed by atoms with Crippen molar-refractivity contribution in [3.63, 3.8) is 0 Å². The first-order chi connectivity index (χ1) is 13.5. The Kier molecular flexibility index (Phi) is 7.39. The van der Waals surface area contributed by atoms with E-state index in [-0.39, 0.29) is 12.7 Å². The van der Waals surface area contributed by atoms with Gasteiger partial charge >= 0.3 is 5.97 Å². The molecule has 0 radical (unpaired) electrons. The summed E-state index contributed by atoms with van der Waals surface area (Å²) in [6.45, 7) is 4.31. The zero-order valence-corrected chi connectivity index (χ0v) is 17.4. The van der Waals surface area contributed by atoms with Gasteiger partial charge in [0.2, 0.25) is 0 Å². The number of carbonyl (C=O) groups is 1. The molecule has 1 saturated carbocycles. The molecule has 0 saturated heterocycles. The molecule has 0 heterocycles. The number of carboxylic acid groups (broad SMARTS) is 1. The van der Waals surface area contributed by atoms with Crippen molar-refractivity contribution in [2.45, 2.75) is 77.7 Å². The average Bonchev–Trinajstić information content (AvgIpc) is 2.97. The first-order valence-corrected chi connectivity index (χ1v) is 11.1. The van der Waals surface area contributed by atoms with Gasteiger partial charge in [0.15, 0.2) is 6.61 Å². The number of hydrogen-bond donors (Lipinski definition) is 2. The number of carboxylic acids is 1. The van der Waals surface area contributed by atoms with Crippen molar-refractivity contribution >= 4 is 5.97 Å². The minimum atomic E-state index is -0.948. The lowest BCUT2D eigenvalue weighted by Gasteiger charge is -2.32. The third kappa shape index (κ3) is 5.08. The molecule has 2 aliphatic carbocycles. The normalized spacial score (nSPS) is 27.1. The Morgan fingerprint density at radius 1 is 1.25 bits per heavy atom. The number of rotatable bonds is 10. The molecule has 5 atom stereocenters. The second-order valence-corrected chi connectivity index (χ2v) is 9.05. The van der Waals surface area contributed by atoms with Crippen LogP contribution in [0.1, 0.15) is 69.9 Å². The summed E-state index contributed by atoms with van der Waals surface area (Å²) in [5.41, 5.74) is 2.44. The van der Waals surface area contributed by atoms with Crippen LogP contribution in [0.25, 0.3) is 0 Å². The highest BCUT2D eigenvalue weighted by atomic mass is 16.5. The van der Waals surface area contributed by atoms with Crippen molar-refractivity contribution in [3.05, 3.63) is 29.3 Å². The largest absolute Gasteiger partial charge is 0.482 e. The lowest BCUT2D eigenvalue weighted by atomic mass is 9.73. The van der Waals surface area contributed by atoms with Crippen LogP contribution < -0.4 is 4.74 Å². The van der Waals surface area contributed by atoms with E-state index in [0.717, 1.165) is 37.2 Å². The maximum atomic E-state index is 10.9. The zero-order valence-electron chi connectivity index (χ0n) is 17.4. The van der Waals surface area contributed by atoms with E-state index in [0.29, 0.717) is 23.5 Å². The Labute approximate surface area is 169 Å². The van der Waals surface area contributed by atoms with Crippen molar-refractivity contribution in [3.8, 4) is 5.75 Å². The van der Waals surface area contributed by atoms with Gasteiger partial charge in [0.05, 0.1) is 6.10 Å². The lowest BCUT2D eigenvalue weighted by Crippen LogP contribution is -2.27. The van der Waals surface area contributed by atoms with E-state index in [1.165, 1.54) is 37.7 Å². The summed E-state index contributed by atoms with van der Waals surface area (Å²) < 4.78 is 5.53. The molecule has 1 aromatic carbocycles. The Morgan fingerprint density at radius 2 is 2.07 bits per heavy atom. The number of aliphatic hydroxyl groups is 1. The third-order valence-electron chi connectivity index (χ3n) is 6.99. The summed E-state index contributed by atoms with van der Waals surface area (Å²) in [7, 11) is 0. The Balaban J connectivity index is 1.62. The molecule has 0 amide bonds. The molecule has 4 heteroatoms. The predicted molar refractivity (Wildman–Crippen MR) is 111 cm³/mol. The fourth-order valence-electron chi connectivity index (χ4n) is 5.44. The maximum absolute atomic E-state index is 10.9. The van der Waals surface area contributed by atoms with Crippen LogP contribution >= 0.6 is 0 Å². The van der Waals surface area contributed by atoms with Crippen molar-refractivity contribution in [1.82, 2.24) is 0 Å². The fraction of sp³-hybridized carbons (Fsp3) is 0.708. The topological polar surface area (TPSA) is 66.8 Å². The number of aliphatic hydroxyl groups excluding tert-OH is 1. The molecule has 0 spiro atoms. The molecule has 1 fully saturated rings. The molecule has 156 valence electrons. The SMILES string of the molecule is CCCCCC(C)CCC1C(O)CC2Cc3c(cccc3OCC(=O)O)CC21. The van der Waals surface area contributed by atoms with Crippen LogP contribution in [-0.2, 0) is 17.6 Å².